The zero-order valence-electron chi connectivity index (χ0n) is 9.30. The van der Waals surface area contributed by atoms with E-state index in [1.807, 2.05) is 17.9 Å². The molecule has 0 spiro atoms. The Morgan fingerprint density at radius 2 is 2.06 bits per heavy atom. The highest BCUT2D eigenvalue weighted by molar-refractivity contribution is 5.48. The summed E-state index contributed by atoms with van der Waals surface area (Å²) in [7, 11) is 0. The minimum Gasteiger partial charge on any atom is -0.389 e. The summed E-state index contributed by atoms with van der Waals surface area (Å²) in [5.41, 5.74) is 7.54. The fraction of sp³-hybridized carbons (Fsp3) is 0.545. The van der Waals surface area contributed by atoms with Crippen molar-refractivity contribution >= 4 is 5.82 Å². The Labute approximate surface area is 94.5 Å². The SMILES string of the molecule is Cc1cc(CN)cnc1N1CC(O)C(O)C1. The zero-order chi connectivity index (χ0) is 11.7. The molecule has 1 aromatic heterocycles. The van der Waals surface area contributed by atoms with Crippen molar-refractivity contribution in [1.82, 2.24) is 4.98 Å². The lowest BCUT2D eigenvalue weighted by Gasteiger charge is -2.19. The first-order chi connectivity index (χ1) is 7.61. The van der Waals surface area contributed by atoms with Gasteiger partial charge in [-0.3, -0.25) is 0 Å². The fourth-order valence-electron chi connectivity index (χ4n) is 2.01. The number of hydrogen-bond donors (Lipinski definition) is 3. The number of aliphatic hydroxyl groups excluding tert-OH is 2. The summed E-state index contributed by atoms with van der Waals surface area (Å²) in [5.74, 6) is 0.813. The summed E-state index contributed by atoms with van der Waals surface area (Å²) in [6.45, 7) is 3.28. The van der Waals surface area contributed by atoms with Crippen LogP contribution in [-0.2, 0) is 6.54 Å². The highest BCUT2D eigenvalue weighted by Gasteiger charge is 2.30. The molecule has 0 saturated carbocycles. The normalized spacial score (nSPS) is 25.1. The lowest BCUT2D eigenvalue weighted by atomic mass is 10.2. The summed E-state index contributed by atoms with van der Waals surface area (Å²) in [5, 5.41) is 19.0. The van der Waals surface area contributed by atoms with Crippen LogP contribution >= 0.6 is 0 Å². The predicted octanol–water partition coefficient (Wildman–Crippen LogP) is -0.609. The lowest BCUT2D eigenvalue weighted by Crippen LogP contribution is -2.23. The summed E-state index contributed by atoms with van der Waals surface area (Å²) in [6.07, 6.45) is 0.366. The molecule has 0 radical (unpaired) electrons. The van der Waals surface area contributed by atoms with Gasteiger partial charge in [0.15, 0.2) is 0 Å². The van der Waals surface area contributed by atoms with Gasteiger partial charge >= 0.3 is 0 Å². The zero-order valence-corrected chi connectivity index (χ0v) is 9.30. The number of rotatable bonds is 2. The van der Waals surface area contributed by atoms with Crippen molar-refractivity contribution in [3.8, 4) is 0 Å². The van der Waals surface area contributed by atoms with Gasteiger partial charge in [0.1, 0.15) is 5.82 Å². The van der Waals surface area contributed by atoms with Crippen LogP contribution in [0.2, 0.25) is 0 Å². The molecule has 2 atom stereocenters. The number of nitrogens with two attached hydrogens (primary N) is 1. The highest BCUT2D eigenvalue weighted by Crippen LogP contribution is 2.22. The largest absolute Gasteiger partial charge is 0.389 e. The van der Waals surface area contributed by atoms with E-state index in [4.69, 9.17) is 5.73 Å². The Morgan fingerprint density at radius 3 is 2.56 bits per heavy atom. The van der Waals surface area contributed by atoms with Crippen molar-refractivity contribution in [2.45, 2.75) is 25.7 Å². The molecule has 2 heterocycles. The van der Waals surface area contributed by atoms with E-state index in [-0.39, 0.29) is 0 Å². The van der Waals surface area contributed by atoms with E-state index >= 15 is 0 Å². The maximum Gasteiger partial charge on any atom is 0.131 e. The molecule has 4 N–H and O–H groups in total. The van der Waals surface area contributed by atoms with E-state index in [2.05, 4.69) is 4.98 Å². The van der Waals surface area contributed by atoms with E-state index in [9.17, 15) is 10.2 Å². The van der Waals surface area contributed by atoms with Gasteiger partial charge < -0.3 is 20.8 Å². The van der Waals surface area contributed by atoms with Crippen LogP contribution < -0.4 is 10.6 Å². The number of anilines is 1. The van der Waals surface area contributed by atoms with E-state index in [1.165, 1.54) is 0 Å². The van der Waals surface area contributed by atoms with Gasteiger partial charge in [-0.25, -0.2) is 4.98 Å². The third-order valence-electron chi connectivity index (χ3n) is 2.90. The summed E-state index contributed by atoms with van der Waals surface area (Å²) < 4.78 is 0. The number of β-amino-alcohol motifs (C(OH)–C–C–N with tert-alkyl or cyclic N) is 2. The Hall–Kier alpha value is -1.17. The topological polar surface area (TPSA) is 82.6 Å². The van der Waals surface area contributed by atoms with Gasteiger partial charge in [-0.1, -0.05) is 0 Å². The third-order valence-corrected chi connectivity index (χ3v) is 2.90. The van der Waals surface area contributed by atoms with Crippen molar-refractivity contribution in [2.24, 2.45) is 5.73 Å². The van der Waals surface area contributed by atoms with Crippen LogP contribution in [0.3, 0.4) is 0 Å². The van der Waals surface area contributed by atoms with Gasteiger partial charge in [0.05, 0.1) is 12.2 Å². The first-order valence-corrected chi connectivity index (χ1v) is 5.38. The van der Waals surface area contributed by atoms with Gasteiger partial charge in [0.2, 0.25) is 0 Å². The fourth-order valence-corrected chi connectivity index (χ4v) is 2.01. The number of aliphatic hydroxyl groups is 2. The van der Waals surface area contributed by atoms with Crippen LogP contribution in [-0.4, -0.2) is 40.5 Å². The molecule has 1 aliphatic heterocycles. The Bertz CT molecular complexity index is 373. The van der Waals surface area contributed by atoms with Gasteiger partial charge in [0, 0.05) is 25.8 Å². The van der Waals surface area contributed by atoms with Crippen molar-refractivity contribution in [3.63, 3.8) is 0 Å². The Morgan fingerprint density at radius 1 is 1.44 bits per heavy atom. The molecule has 0 amide bonds. The molecule has 88 valence electrons. The van der Waals surface area contributed by atoms with Gasteiger partial charge in [-0.2, -0.15) is 0 Å². The number of hydrogen-bond acceptors (Lipinski definition) is 5. The summed E-state index contributed by atoms with van der Waals surface area (Å²) >= 11 is 0. The number of aryl methyl sites for hydroxylation is 1. The first kappa shape index (κ1) is 11.3. The second-order valence-electron chi connectivity index (χ2n) is 4.23. The van der Waals surface area contributed by atoms with Gasteiger partial charge in [-0.05, 0) is 24.1 Å². The van der Waals surface area contributed by atoms with Crippen molar-refractivity contribution in [1.29, 1.82) is 0 Å². The molecule has 16 heavy (non-hydrogen) atoms. The Kier molecular flexibility index (Phi) is 3.09. The van der Waals surface area contributed by atoms with E-state index in [0.29, 0.717) is 19.6 Å². The standard InChI is InChI=1S/C11H17N3O2/c1-7-2-8(3-12)4-13-11(7)14-5-9(15)10(16)6-14/h2,4,9-10,15-16H,3,5-6,12H2,1H3. The van der Waals surface area contributed by atoms with Crippen LogP contribution in [0.4, 0.5) is 5.82 Å². The minimum absolute atomic E-state index is 0.428. The molecule has 1 fully saturated rings. The molecular formula is C11H17N3O2. The van der Waals surface area contributed by atoms with Crippen molar-refractivity contribution in [2.75, 3.05) is 18.0 Å². The summed E-state index contributed by atoms with van der Waals surface area (Å²) in [4.78, 5) is 6.22. The number of aromatic nitrogens is 1. The van der Waals surface area contributed by atoms with Crippen LogP contribution in [0.25, 0.3) is 0 Å². The molecule has 2 rings (SSSR count). The molecule has 1 aromatic rings. The molecule has 5 heteroatoms. The smallest absolute Gasteiger partial charge is 0.131 e. The average Bonchev–Trinajstić information content (AvgIpc) is 2.58. The second kappa shape index (κ2) is 4.37. The summed E-state index contributed by atoms with van der Waals surface area (Å²) in [6, 6.07) is 1.99. The van der Waals surface area contributed by atoms with Crippen LogP contribution in [0.5, 0.6) is 0 Å². The van der Waals surface area contributed by atoms with Crippen molar-refractivity contribution in [3.05, 3.63) is 23.4 Å². The monoisotopic (exact) mass is 223 g/mol. The quantitative estimate of drug-likeness (QED) is 0.623. The Balaban J connectivity index is 2.22. The maximum absolute atomic E-state index is 9.48. The van der Waals surface area contributed by atoms with Crippen LogP contribution in [0, 0.1) is 6.92 Å². The number of pyridine rings is 1. The highest BCUT2D eigenvalue weighted by atomic mass is 16.3. The predicted molar refractivity (Wildman–Crippen MR) is 61.1 cm³/mol. The van der Waals surface area contributed by atoms with Crippen LogP contribution in [0.15, 0.2) is 12.3 Å². The van der Waals surface area contributed by atoms with E-state index in [1.54, 1.807) is 6.20 Å². The second-order valence-corrected chi connectivity index (χ2v) is 4.23. The molecule has 0 aromatic carbocycles. The molecular weight excluding hydrogens is 206 g/mol. The van der Waals surface area contributed by atoms with Crippen LogP contribution in [0.1, 0.15) is 11.1 Å². The minimum atomic E-state index is -0.685. The molecule has 5 nitrogen and oxygen atoms in total. The maximum atomic E-state index is 9.48. The molecule has 0 aliphatic carbocycles. The lowest BCUT2D eigenvalue weighted by molar-refractivity contribution is 0.0572. The van der Waals surface area contributed by atoms with Gasteiger partial charge in [0.25, 0.3) is 0 Å². The van der Waals surface area contributed by atoms with E-state index < -0.39 is 12.2 Å². The molecule has 0 bridgehead atoms. The average molecular weight is 223 g/mol. The van der Waals surface area contributed by atoms with Gasteiger partial charge in [-0.15, -0.1) is 0 Å². The number of nitrogens with zero attached hydrogens (tertiary/aromatic N) is 2. The van der Waals surface area contributed by atoms with Crippen molar-refractivity contribution < 1.29 is 10.2 Å². The first-order valence-electron chi connectivity index (χ1n) is 5.38. The molecule has 1 saturated heterocycles. The molecule has 2 unspecified atom stereocenters. The third kappa shape index (κ3) is 2.02. The van der Waals surface area contributed by atoms with E-state index in [0.717, 1.165) is 16.9 Å². The molecule has 1 aliphatic rings.